The zero-order chi connectivity index (χ0) is 41.8. The molecular formula is C44H74O12S. The number of unbranched alkanes of at least 4 members (excludes halogenated alkanes) is 10. The summed E-state index contributed by atoms with van der Waals surface area (Å²) in [4.78, 5) is 12.8. The Morgan fingerprint density at radius 2 is 1.21 bits per heavy atom. The van der Waals surface area contributed by atoms with Crippen LogP contribution < -0.4 is 0 Å². The zero-order valence-electron chi connectivity index (χ0n) is 34.6. The molecule has 0 aromatic rings. The summed E-state index contributed by atoms with van der Waals surface area (Å²) in [7, 11) is -5.07. The molecule has 0 aromatic carbocycles. The first-order valence-electron chi connectivity index (χ1n) is 21.2. The van der Waals surface area contributed by atoms with E-state index in [1.54, 1.807) is 0 Å². The van der Waals surface area contributed by atoms with Gasteiger partial charge in [0.1, 0.15) is 30.5 Å². The molecular weight excluding hydrogens is 753 g/mol. The topological polar surface area (TPSA) is 178 Å². The molecule has 6 atom stereocenters. The van der Waals surface area contributed by atoms with Gasteiger partial charge in [-0.1, -0.05) is 125 Å². The summed E-state index contributed by atoms with van der Waals surface area (Å²) >= 11 is 0. The Hall–Kier alpha value is -2.46. The van der Waals surface area contributed by atoms with Crippen LogP contribution in [-0.4, -0.2) is 97.5 Å². The average molecular weight is 827 g/mol. The second-order valence-electron chi connectivity index (χ2n) is 14.2. The Morgan fingerprint density at radius 1 is 0.684 bits per heavy atom. The van der Waals surface area contributed by atoms with Gasteiger partial charge in [-0.25, -0.2) is 4.18 Å². The monoisotopic (exact) mass is 826 g/mol. The molecule has 1 heterocycles. The molecule has 1 fully saturated rings. The van der Waals surface area contributed by atoms with Crippen LogP contribution in [0.4, 0.5) is 0 Å². The third-order valence-electron chi connectivity index (χ3n) is 9.04. The number of hydrogen-bond acceptors (Lipinski definition) is 11. The average Bonchev–Trinajstić information content (AvgIpc) is 3.18. The van der Waals surface area contributed by atoms with E-state index in [0.29, 0.717) is 13.0 Å². The maximum Gasteiger partial charge on any atom is 0.397 e. The number of esters is 1. The lowest BCUT2D eigenvalue weighted by Crippen LogP contribution is -2.60. The number of hydrogen-bond donors (Lipinski definition) is 4. The number of aliphatic hydroxyl groups excluding tert-OH is 3. The summed E-state index contributed by atoms with van der Waals surface area (Å²) in [6.45, 7) is 3.73. The lowest BCUT2D eigenvalue weighted by atomic mass is 9.99. The maximum atomic E-state index is 12.8. The molecule has 0 spiro atoms. The van der Waals surface area contributed by atoms with Crippen LogP contribution in [0.1, 0.15) is 136 Å². The Balaban J connectivity index is 2.49. The number of rotatable bonds is 35. The van der Waals surface area contributed by atoms with Crippen LogP contribution in [-0.2, 0) is 38.3 Å². The number of carbonyl (C=O) groups is 1. The molecule has 13 heteroatoms. The minimum absolute atomic E-state index is 0.0136. The van der Waals surface area contributed by atoms with Crippen LogP contribution in [0, 0.1) is 0 Å². The quantitative estimate of drug-likeness (QED) is 0.0208. The lowest BCUT2D eigenvalue weighted by Gasteiger charge is -2.41. The van der Waals surface area contributed by atoms with Crippen molar-refractivity contribution < 1.29 is 56.2 Å². The minimum atomic E-state index is -5.07. The van der Waals surface area contributed by atoms with Gasteiger partial charge in [-0.2, -0.15) is 8.42 Å². The molecule has 12 nitrogen and oxygen atoms in total. The molecule has 0 radical (unpaired) electrons. The van der Waals surface area contributed by atoms with E-state index in [4.69, 9.17) is 23.5 Å². The summed E-state index contributed by atoms with van der Waals surface area (Å²) in [5, 5.41) is 30.6. The van der Waals surface area contributed by atoms with Crippen molar-refractivity contribution in [3.05, 3.63) is 72.9 Å². The van der Waals surface area contributed by atoms with Gasteiger partial charge in [0.05, 0.1) is 19.8 Å². The zero-order valence-corrected chi connectivity index (χ0v) is 35.4. The van der Waals surface area contributed by atoms with Gasteiger partial charge in [0, 0.05) is 13.0 Å². The van der Waals surface area contributed by atoms with E-state index in [1.165, 1.54) is 19.3 Å². The summed E-state index contributed by atoms with van der Waals surface area (Å²) in [5.41, 5.74) is 0. The second kappa shape index (κ2) is 35.5. The number of ether oxygens (including phenoxy) is 4. The SMILES string of the molecule is CC/C=C\C/C=C\C/C=C\C/C=C\C/C=C\CCCCCC(=O)OC(COCCCCCCCC/C=C\CCC)COC1OC(CO)C(O)C(OS(=O)(=O)O)C1O. The molecule has 1 rings (SSSR count). The highest BCUT2D eigenvalue weighted by Crippen LogP contribution is 2.26. The van der Waals surface area contributed by atoms with E-state index in [1.807, 2.05) is 0 Å². The van der Waals surface area contributed by atoms with Gasteiger partial charge >= 0.3 is 16.4 Å². The van der Waals surface area contributed by atoms with Crippen LogP contribution in [0.15, 0.2) is 72.9 Å². The van der Waals surface area contributed by atoms with Crippen LogP contribution >= 0.6 is 0 Å². The molecule has 1 saturated heterocycles. The van der Waals surface area contributed by atoms with Gasteiger partial charge in [0.25, 0.3) is 0 Å². The predicted octanol–water partition coefficient (Wildman–Crippen LogP) is 8.35. The van der Waals surface area contributed by atoms with Crippen molar-refractivity contribution in [2.45, 2.75) is 173 Å². The highest BCUT2D eigenvalue weighted by molar-refractivity contribution is 7.80. The molecule has 57 heavy (non-hydrogen) atoms. The van der Waals surface area contributed by atoms with Crippen molar-refractivity contribution in [1.82, 2.24) is 0 Å². The number of allylic oxidation sites excluding steroid dienone is 12. The fourth-order valence-corrected chi connectivity index (χ4v) is 6.38. The van der Waals surface area contributed by atoms with Crippen LogP contribution in [0.2, 0.25) is 0 Å². The molecule has 0 saturated carbocycles. The second-order valence-corrected chi connectivity index (χ2v) is 15.2. The van der Waals surface area contributed by atoms with Crippen molar-refractivity contribution >= 4 is 16.4 Å². The van der Waals surface area contributed by atoms with Crippen molar-refractivity contribution in [3.63, 3.8) is 0 Å². The Bertz CT molecular complexity index is 1280. The first-order valence-corrected chi connectivity index (χ1v) is 22.6. The lowest BCUT2D eigenvalue weighted by molar-refractivity contribution is -0.301. The van der Waals surface area contributed by atoms with E-state index < -0.39 is 59.8 Å². The van der Waals surface area contributed by atoms with E-state index in [0.717, 1.165) is 89.9 Å². The molecule has 1 aliphatic heterocycles. The van der Waals surface area contributed by atoms with E-state index in [2.05, 4.69) is 90.9 Å². The fraction of sp³-hybridized carbons (Fsp3) is 0.705. The highest BCUT2D eigenvalue weighted by atomic mass is 32.3. The van der Waals surface area contributed by atoms with Gasteiger partial charge in [-0.05, 0) is 77.0 Å². The van der Waals surface area contributed by atoms with Gasteiger partial charge in [0.2, 0.25) is 0 Å². The van der Waals surface area contributed by atoms with Crippen LogP contribution in [0.3, 0.4) is 0 Å². The highest BCUT2D eigenvalue weighted by Gasteiger charge is 2.48. The van der Waals surface area contributed by atoms with E-state index >= 15 is 0 Å². The molecule has 0 amide bonds. The standard InChI is InChI=1S/C44H74O12S/c1-3-5-7-9-11-13-15-16-17-18-19-20-21-22-23-25-27-29-31-33-40(46)54-38(36-52-34-32-30-28-26-24-14-12-10-8-6-4-2)37-53-44-42(48)43(56-57(49,50)51)41(47)39(35-45)55-44/h5,7-8,10-11,13,16-17,19-20,22-23,38-39,41-45,47-48H,3-4,6,9,12,14-15,18,21,24-37H2,1-2H3,(H,49,50,51)/b7-5-,10-8-,13-11-,17-16-,20-19-,23-22-. The number of aliphatic hydroxyl groups is 3. The van der Waals surface area contributed by atoms with Crippen molar-refractivity contribution in [3.8, 4) is 0 Å². The van der Waals surface area contributed by atoms with Crippen LogP contribution in [0.5, 0.6) is 0 Å². The summed E-state index contributed by atoms with van der Waals surface area (Å²) in [6.07, 6.45) is 35.1. The molecule has 328 valence electrons. The van der Waals surface area contributed by atoms with Crippen molar-refractivity contribution in [2.24, 2.45) is 0 Å². The largest absolute Gasteiger partial charge is 0.457 e. The van der Waals surface area contributed by atoms with Gasteiger partial charge in [-0.15, -0.1) is 0 Å². The van der Waals surface area contributed by atoms with Crippen LogP contribution in [0.25, 0.3) is 0 Å². The fourth-order valence-electron chi connectivity index (χ4n) is 5.88. The summed E-state index contributed by atoms with van der Waals surface area (Å²) in [5.74, 6) is -0.437. The molecule has 6 unspecified atom stereocenters. The van der Waals surface area contributed by atoms with Gasteiger partial charge < -0.3 is 34.3 Å². The minimum Gasteiger partial charge on any atom is -0.457 e. The number of carbonyl (C=O) groups excluding carboxylic acids is 1. The first kappa shape index (κ1) is 52.6. The molecule has 4 N–H and O–H groups in total. The van der Waals surface area contributed by atoms with Gasteiger partial charge in [0.15, 0.2) is 6.29 Å². The third kappa shape index (κ3) is 29.4. The summed E-state index contributed by atoms with van der Waals surface area (Å²) < 4.78 is 58.9. The predicted molar refractivity (Wildman–Crippen MR) is 225 cm³/mol. The van der Waals surface area contributed by atoms with Crippen molar-refractivity contribution in [2.75, 3.05) is 26.4 Å². The van der Waals surface area contributed by atoms with E-state index in [9.17, 15) is 28.5 Å². The third-order valence-corrected chi connectivity index (χ3v) is 9.51. The summed E-state index contributed by atoms with van der Waals surface area (Å²) in [6, 6.07) is 0. The molecule has 0 aromatic heterocycles. The first-order chi connectivity index (χ1) is 27.6. The Morgan fingerprint density at radius 3 is 1.79 bits per heavy atom. The van der Waals surface area contributed by atoms with Gasteiger partial charge in [-0.3, -0.25) is 9.35 Å². The Labute approximate surface area is 343 Å². The van der Waals surface area contributed by atoms with Crippen molar-refractivity contribution in [1.29, 1.82) is 0 Å². The Kier molecular flexibility index (Phi) is 32.7. The normalized spacial score (nSPS) is 21.4. The molecule has 0 aliphatic carbocycles. The van der Waals surface area contributed by atoms with E-state index in [-0.39, 0.29) is 19.6 Å². The molecule has 1 aliphatic rings. The molecule has 0 bridgehead atoms. The smallest absolute Gasteiger partial charge is 0.397 e. The maximum absolute atomic E-state index is 12.8.